The van der Waals surface area contributed by atoms with Gasteiger partial charge in [-0.05, 0) is 35.9 Å². The summed E-state index contributed by atoms with van der Waals surface area (Å²) in [7, 11) is 0. The number of nitriles is 1. The summed E-state index contributed by atoms with van der Waals surface area (Å²) in [4.78, 5) is 0. The average Bonchev–Trinajstić information content (AvgIpc) is 3.21. The van der Waals surface area contributed by atoms with E-state index < -0.39 is 0 Å². The van der Waals surface area contributed by atoms with E-state index in [4.69, 9.17) is 21.3 Å². The van der Waals surface area contributed by atoms with Gasteiger partial charge < -0.3 is 4.42 Å². The highest BCUT2D eigenvalue weighted by Gasteiger charge is 2.13. The first-order valence-electron chi connectivity index (χ1n) is 6.85. The molecule has 0 atom stereocenters. The molecule has 0 fully saturated rings. The number of nitrogens with one attached hydrogen (secondary N) is 1. The van der Waals surface area contributed by atoms with E-state index in [0.717, 1.165) is 27.7 Å². The highest BCUT2D eigenvalue weighted by atomic mass is 35.5. The van der Waals surface area contributed by atoms with Crippen molar-refractivity contribution in [3.63, 3.8) is 0 Å². The van der Waals surface area contributed by atoms with E-state index in [1.807, 2.05) is 48.5 Å². The minimum Gasteiger partial charge on any atom is -0.464 e. The van der Waals surface area contributed by atoms with Gasteiger partial charge >= 0.3 is 0 Å². The van der Waals surface area contributed by atoms with Crippen LogP contribution < -0.4 is 0 Å². The lowest BCUT2D eigenvalue weighted by atomic mass is 10.0. The smallest absolute Gasteiger partial charge is 0.163 e. The molecule has 2 aromatic carbocycles. The molecule has 4 aromatic rings. The Morgan fingerprint density at radius 2 is 1.87 bits per heavy atom. The minimum atomic E-state index is 0.334. The second kappa shape index (κ2) is 5.27. The maximum atomic E-state index is 9.11. The Hall–Kier alpha value is -3.10. The fourth-order valence-corrected chi connectivity index (χ4v) is 2.66. The fraction of sp³-hybridized carbons (Fsp3) is 0. The zero-order chi connectivity index (χ0) is 15.8. The summed E-state index contributed by atoms with van der Waals surface area (Å²) in [6, 6.07) is 15.3. The van der Waals surface area contributed by atoms with E-state index in [-0.39, 0.29) is 0 Å². The van der Waals surface area contributed by atoms with Gasteiger partial charge in [0.05, 0.1) is 6.26 Å². The number of H-pyrrole nitrogens is 1. The Bertz CT molecular complexity index is 1040. The van der Waals surface area contributed by atoms with Crippen LogP contribution in [0.4, 0.5) is 0 Å². The predicted octanol–water partition coefficient (Wildman–Crippen LogP) is 4.41. The third-order valence-electron chi connectivity index (χ3n) is 3.66. The molecule has 110 valence electrons. The van der Waals surface area contributed by atoms with Crippen molar-refractivity contribution in [2.45, 2.75) is 0 Å². The molecular weight excluding hydrogens is 312 g/mol. The van der Waals surface area contributed by atoms with E-state index in [9.17, 15) is 0 Å². The first kappa shape index (κ1) is 13.6. The molecule has 2 aromatic heterocycles. The number of furan rings is 1. The fourth-order valence-electron chi connectivity index (χ4n) is 2.54. The molecule has 4 rings (SSSR count). The molecule has 0 bridgehead atoms. The van der Waals surface area contributed by atoms with Gasteiger partial charge in [0.1, 0.15) is 17.3 Å². The molecule has 0 saturated carbocycles. The van der Waals surface area contributed by atoms with Gasteiger partial charge in [0.15, 0.2) is 5.69 Å². The lowest BCUT2D eigenvalue weighted by Gasteiger charge is -2.01. The van der Waals surface area contributed by atoms with Crippen LogP contribution in [0.15, 0.2) is 53.1 Å². The molecule has 0 saturated heterocycles. The molecule has 0 radical (unpaired) electrons. The number of nitrogens with zero attached hydrogens (tertiary/aromatic N) is 3. The third-order valence-corrected chi connectivity index (χ3v) is 3.91. The molecule has 23 heavy (non-hydrogen) atoms. The number of hydrogen-bond acceptors (Lipinski definition) is 4. The summed E-state index contributed by atoms with van der Waals surface area (Å²) in [6.45, 7) is 0. The number of aromatic amines is 1. The van der Waals surface area contributed by atoms with Crippen LogP contribution in [0.25, 0.3) is 33.4 Å². The number of rotatable bonds is 2. The normalized spacial score (nSPS) is 10.8. The van der Waals surface area contributed by atoms with Crippen molar-refractivity contribution in [2.75, 3.05) is 0 Å². The van der Waals surface area contributed by atoms with E-state index in [1.165, 1.54) is 0 Å². The second-order valence-corrected chi connectivity index (χ2v) is 5.45. The van der Waals surface area contributed by atoms with Crippen molar-refractivity contribution in [3.8, 4) is 28.5 Å². The topological polar surface area (TPSA) is 78.5 Å². The zero-order valence-electron chi connectivity index (χ0n) is 11.7. The quantitative estimate of drug-likeness (QED) is 0.593. The molecular formula is C17H9ClN4O. The summed E-state index contributed by atoms with van der Waals surface area (Å²) >= 11 is 5.94. The number of benzene rings is 2. The van der Waals surface area contributed by atoms with E-state index in [1.54, 1.807) is 6.26 Å². The molecule has 0 aliphatic rings. The summed E-state index contributed by atoms with van der Waals surface area (Å²) in [5.74, 6) is 0. The largest absolute Gasteiger partial charge is 0.464 e. The maximum absolute atomic E-state index is 9.11. The van der Waals surface area contributed by atoms with Crippen LogP contribution in [-0.4, -0.2) is 15.4 Å². The van der Waals surface area contributed by atoms with Crippen molar-refractivity contribution < 1.29 is 4.42 Å². The van der Waals surface area contributed by atoms with Gasteiger partial charge in [0, 0.05) is 21.5 Å². The van der Waals surface area contributed by atoms with Crippen LogP contribution in [0.5, 0.6) is 0 Å². The molecule has 0 aliphatic heterocycles. The van der Waals surface area contributed by atoms with Crippen LogP contribution in [0.3, 0.4) is 0 Å². The lowest BCUT2D eigenvalue weighted by Crippen LogP contribution is -1.83. The van der Waals surface area contributed by atoms with Crippen molar-refractivity contribution >= 4 is 22.6 Å². The molecule has 0 aliphatic carbocycles. The van der Waals surface area contributed by atoms with Gasteiger partial charge in [-0.15, -0.1) is 5.10 Å². The van der Waals surface area contributed by atoms with Crippen molar-refractivity contribution in [3.05, 3.63) is 59.4 Å². The van der Waals surface area contributed by atoms with E-state index in [2.05, 4.69) is 15.4 Å². The Balaban J connectivity index is 1.90. The highest BCUT2D eigenvalue weighted by Crippen LogP contribution is 2.34. The van der Waals surface area contributed by atoms with Gasteiger partial charge in [-0.3, -0.25) is 0 Å². The van der Waals surface area contributed by atoms with Gasteiger partial charge in [-0.25, -0.2) is 5.10 Å². The van der Waals surface area contributed by atoms with Crippen molar-refractivity contribution in [1.82, 2.24) is 15.4 Å². The number of hydrogen-bond donors (Lipinski definition) is 1. The number of halogens is 1. The molecule has 5 nitrogen and oxygen atoms in total. The van der Waals surface area contributed by atoms with Crippen LogP contribution in [0, 0.1) is 11.3 Å². The van der Waals surface area contributed by atoms with Gasteiger partial charge in [-0.1, -0.05) is 28.9 Å². The molecule has 0 unspecified atom stereocenters. The maximum Gasteiger partial charge on any atom is 0.163 e. The standard InChI is InChI=1S/C17H9ClN4O/c18-12-4-1-10(2-5-12)14-9-23-16-6-3-11(7-13(14)16)17-15(8-19)20-22-21-17/h1-7,9H,(H,20,21,22). The van der Waals surface area contributed by atoms with Crippen LogP contribution >= 0.6 is 11.6 Å². The summed E-state index contributed by atoms with van der Waals surface area (Å²) < 4.78 is 5.62. The SMILES string of the molecule is N#Cc1[nH]nnc1-c1ccc2occ(-c3ccc(Cl)cc3)c2c1. The Morgan fingerprint density at radius 3 is 2.65 bits per heavy atom. The summed E-state index contributed by atoms with van der Waals surface area (Å²) in [5, 5.41) is 21.0. The van der Waals surface area contributed by atoms with E-state index in [0.29, 0.717) is 16.4 Å². The molecule has 0 spiro atoms. The Morgan fingerprint density at radius 1 is 1.09 bits per heavy atom. The Kier molecular flexibility index (Phi) is 3.11. The van der Waals surface area contributed by atoms with Gasteiger partial charge in [0.25, 0.3) is 0 Å². The molecule has 0 amide bonds. The molecule has 2 heterocycles. The van der Waals surface area contributed by atoms with E-state index >= 15 is 0 Å². The minimum absolute atomic E-state index is 0.334. The summed E-state index contributed by atoms with van der Waals surface area (Å²) in [5.41, 5.74) is 4.39. The molecule has 1 N–H and O–H groups in total. The summed E-state index contributed by atoms with van der Waals surface area (Å²) in [6.07, 6.45) is 1.71. The first-order valence-corrected chi connectivity index (χ1v) is 7.23. The predicted molar refractivity (Wildman–Crippen MR) is 86.8 cm³/mol. The number of fused-ring (bicyclic) bond motifs is 1. The van der Waals surface area contributed by atoms with Gasteiger partial charge in [-0.2, -0.15) is 5.26 Å². The van der Waals surface area contributed by atoms with Crippen LogP contribution in [0.1, 0.15) is 5.69 Å². The zero-order valence-corrected chi connectivity index (χ0v) is 12.5. The van der Waals surface area contributed by atoms with Crippen molar-refractivity contribution in [1.29, 1.82) is 5.26 Å². The second-order valence-electron chi connectivity index (χ2n) is 5.01. The molecule has 6 heteroatoms. The Labute approximate surface area is 136 Å². The average molecular weight is 321 g/mol. The third kappa shape index (κ3) is 2.26. The van der Waals surface area contributed by atoms with Crippen LogP contribution in [0.2, 0.25) is 5.02 Å². The first-order chi connectivity index (χ1) is 11.3. The van der Waals surface area contributed by atoms with Crippen molar-refractivity contribution in [2.24, 2.45) is 0 Å². The highest BCUT2D eigenvalue weighted by molar-refractivity contribution is 6.30. The monoisotopic (exact) mass is 320 g/mol. The van der Waals surface area contributed by atoms with Crippen LogP contribution in [-0.2, 0) is 0 Å². The van der Waals surface area contributed by atoms with Gasteiger partial charge in [0.2, 0.25) is 0 Å². The lowest BCUT2D eigenvalue weighted by molar-refractivity contribution is 0.617. The number of aromatic nitrogens is 3.